The normalized spacial score (nSPS) is 19.8. The highest BCUT2D eigenvalue weighted by Gasteiger charge is 2.43. The van der Waals surface area contributed by atoms with E-state index in [0.29, 0.717) is 25.1 Å². The van der Waals surface area contributed by atoms with Gasteiger partial charge in [-0.1, -0.05) is 12.8 Å². The lowest BCUT2D eigenvalue weighted by Gasteiger charge is -2.33. The summed E-state index contributed by atoms with van der Waals surface area (Å²) in [6.45, 7) is 2.49. The first kappa shape index (κ1) is 23.6. The molecule has 2 aliphatic rings. The van der Waals surface area contributed by atoms with Crippen molar-refractivity contribution in [2.75, 3.05) is 13.2 Å². The van der Waals surface area contributed by atoms with Gasteiger partial charge in [0.25, 0.3) is 0 Å². The number of aromatic nitrogens is 1. The van der Waals surface area contributed by atoms with Crippen LogP contribution in [-0.2, 0) is 33.1 Å². The summed E-state index contributed by atoms with van der Waals surface area (Å²) in [5.41, 5.74) is 0.155. The van der Waals surface area contributed by atoms with Crippen LogP contribution in [0.2, 0.25) is 0 Å². The Morgan fingerprint density at radius 2 is 1.97 bits per heavy atom. The molecule has 2 aromatic rings. The summed E-state index contributed by atoms with van der Waals surface area (Å²) < 4.78 is 40.3. The predicted molar refractivity (Wildman–Crippen MR) is 120 cm³/mol. The monoisotopic (exact) mass is 477 g/mol. The fourth-order valence-electron chi connectivity index (χ4n) is 4.86. The molecule has 0 aromatic carbocycles. The average Bonchev–Trinajstić information content (AvgIpc) is 3.59. The van der Waals surface area contributed by atoms with Crippen LogP contribution in [-0.4, -0.2) is 59.3 Å². The van der Waals surface area contributed by atoms with Gasteiger partial charge < -0.3 is 18.6 Å². The average molecular weight is 478 g/mol. The number of aryl methyl sites for hydroxylation is 1. The standard InChI is InChI=1S/C23H31N3O6S/c1-3-31-23(28)21-14-19(16-24(21)2)33(29,30)26-12-6-11-20(26)22(27)25(17-8-4-5-9-17)15-18-10-7-13-32-18/h7,10,13-14,16-17,20H,3-6,8-9,11-12,15H2,1-2H3/t20-/m0/s1. The number of amides is 1. The highest BCUT2D eigenvalue weighted by molar-refractivity contribution is 7.89. The molecule has 1 saturated carbocycles. The molecule has 1 amide bonds. The fourth-order valence-corrected chi connectivity index (χ4v) is 6.58. The SMILES string of the molecule is CCOC(=O)c1cc(S(=O)(=O)N2CCC[C@H]2C(=O)N(Cc2ccco2)C2CCCC2)cn1C. The molecule has 0 unspecified atom stereocenters. The first-order valence-electron chi connectivity index (χ1n) is 11.5. The van der Waals surface area contributed by atoms with Crippen LogP contribution < -0.4 is 0 Å². The first-order valence-corrected chi connectivity index (χ1v) is 12.9. The van der Waals surface area contributed by atoms with E-state index in [2.05, 4.69) is 0 Å². The molecule has 33 heavy (non-hydrogen) atoms. The van der Waals surface area contributed by atoms with Gasteiger partial charge in [-0.3, -0.25) is 4.79 Å². The van der Waals surface area contributed by atoms with Crippen molar-refractivity contribution >= 4 is 21.9 Å². The second kappa shape index (κ2) is 9.72. The lowest BCUT2D eigenvalue weighted by Crippen LogP contribution is -2.50. The number of carbonyl (C=O) groups is 2. The Labute approximate surface area is 194 Å². The van der Waals surface area contributed by atoms with Crippen molar-refractivity contribution in [2.24, 2.45) is 7.05 Å². The Morgan fingerprint density at radius 1 is 1.21 bits per heavy atom. The number of esters is 1. The fraction of sp³-hybridized carbons (Fsp3) is 0.565. The molecule has 4 rings (SSSR count). The Morgan fingerprint density at radius 3 is 2.64 bits per heavy atom. The molecule has 2 aromatic heterocycles. The van der Waals surface area contributed by atoms with Gasteiger partial charge in [-0.25, -0.2) is 13.2 Å². The molecule has 9 nitrogen and oxygen atoms in total. The molecule has 3 heterocycles. The van der Waals surface area contributed by atoms with Crippen molar-refractivity contribution < 1.29 is 27.2 Å². The van der Waals surface area contributed by atoms with E-state index in [0.717, 1.165) is 25.7 Å². The maximum Gasteiger partial charge on any atom is 0.354 e. The van der Waals surface area contributed by atoms with Crippen LogP contribution in [0.25, 0.3) is 0 Å². The topological polar surface area (TPSA) is 102 Å². The molecule has 1 aliphatic heterocycles. The minimum Gasteiger partial charge on any atom is -0.467 e. The molecule has 0 spiro atoms. The first-order chi connectivity index (χ1) is 15.8. The maximum absolute atomic E-state index is 13.7. The molecule has 0 N–H and O–H groups in total. The zero-order chi connectivity index (χ0) is 23.6. The largest absolute Gasteiger partial charge is 0.467 e. The van der Waals surface area contributed by atoms with E-state index in [4.69, 9.17) is 9.15 Å². The molecule has 0 bridgehead atoms. The molecule has 1 atom stereocenters. The van der Waals surface area contributed by atoms with Gasteiger partial charge in [-0.2, -0.15) is 4.31 Å². The molecule has 2 fully saturated rings. The molecule has 10 heteroatoms. The van der Waals surface area contributed by atoms with Gasteiger partial charge in [0.15, 0.2) is 0 Å². The summed E-state index contributed by atoms with van der Waals surface area (Å²) in [7, 11) is -2.37. The zero-order valence-electron chi connectivity index (χ0n) is 19.1. The van der Waals surface area contributed by atoms with Gasteiger partial charge in [0.2, 0.25) is 15.9 Å². The third-order valence-corrected chi connectivity index (χ3v) is 8.39. The van der Waals surface area contributed by atoms with Crippen molar-refractivity contribution in [1.29, 1.82) is 0 Å². The van der Waals surface area contributed by atoms with Gasteiger partial charge in [0, 0.05) is 25.8 Å². The molecule has 0 radical (unpaired) electrons. The zero-order valence-corrected chi connectivity index (χ0v) is 19.9. The number of carbonyl (C=O) groups excluding carboxylic acids is 2. The van der Waals surface area contributed by atoms with Crippen molar-refractivity contribution in [1.82, 2.24) is 13.8 Å². The van der Waals surface area contributed by atoms with Crippen LogP contribution in [0.4, 0.5) is 0 Å². The smallest absolute Gasteiger partial charge is 0.354 e. The van der Waals surface area contributed by atoms with Crippen molar-refractivity contribution in [3.8, 4) is 0 Å². The summed E-state index contributed by atoms with van der Waals surface area (Å²) >= 11 is 0. The molecule has 1 saturated heterocycles. The minimum atomic E-state index is -3.97. The lowest BCUT2D eigenvalue weighted by atomic mass is 10.1. The number of furan rings is 1. The number of ether oxygens (including phenoxy) is 1. The highest BCUT2D eigenvalue weighted by Crippen LogP contribution is 2.32. The Kier molecular flexibility index (Phi) is 6.94. The predicted octanol–water partition coefficient (Wildman–Crippen LogP) is 2.92. The lowest BCUT2D eigenvalue weighted by molar-refractivity contribution is -0.138. The van der Waals surface area contributed by atoms with E-state index in [1.807, 2.05) is 6.07 Å². The Hall–Kier alpha value is -2.59. The quantitative estimate of drug-likeness (QED) is 0.542. The number of sulfonamides is 1. The van der Waals surface area contributed by atoms with Crippen LogP contribution in [0.3, 0.4) is 0 Å². The van der Waals surface area contributed by atoms with Crippen molar-refractivity contribution in [3.05, 3.63) is 42.1 Å². The van der Waals surface area contributed by atoms with E-state index in [1.165, 1.54) is 21.1 Å². The van der Waals surface area contributed by atoms with E-state index in [9.17, 15) is 18.0 Å². The van der Waals surface area contributed by atoms with Crippen LogP contribution >= 0.6 is 0 Å². The van der Waals surface area contributed by atoms with Gasteiger partial charge >= 0.3 is 5.97 Å². The summed E-state index contributed by atoms with van der Waals surface area (Å²) in [5.74, 6) is -0.0768. The Bertz CT molecular complexity index is 1090. The molecule has 1 aliphatic carbocycles. The number of rotatable bonds is 8. The maximum atomic E-state index is 13.7. The van der Waals surface area contributed by atoms with Gasteiger partial charge in [-0.05, 0) is 50.8 Å². The van der Waals surface area contributed by atoms with E-state index < -0.39 is 22.0 Å². The number of hydrogen-bond donors (Lipinski definition) is 0. The molecular weight excluding hydrogens is 446 g/mol. The number of hydrogen-bond acceptors (Lipinski definition) is 6. The minimum absolute atomic E-state index is 0.00814. The van der Waals surface area contributed by atoms with Crippen molar-refractivity contribution in [2.45, 2.75) is 69.0 Å². The number of nitrogens with zero attached hydrogens (tertiary/aromatic N) is 3. The molecule has 180 valence electrons. The van der Waals surface area contributed by atoms with Gasteiger partial charge in [-0.15, -0.1) is 0 Å². The highest BCUT2D eigenvalue weighted by atomic mass is 32.2. The summed E-state index contributed by atoms with van der Waals surface area (Å²) in [5, 5.41) is 0. The Balaban J connectivity index is 1.60. The van der Waals surface area contributed by atoms with Gasteiger partial charge in [0.1, 0.15) is 22.4 Å². The summed E-state index contributed by atoms with van der Waals surface area (Å²) in [6.07, 6.45) is 7.98. The van der Waals surface area contributed by atoms with Crippen LogP contribution in [0.1, 0.15) is 61.7 Å². The van der Waals surface area contributed by atoms with Crippen LogP contribution in [0.5, 0.6) is 0 Å². The molecular formula is C23H31N3O6S. The second-order valence-electron chi connectivity index (χ2n) is 8.65. The van der Waals surface area contributed by atoms with Crippen LogP contribution in [0, 0.1) is 0 Å². The van der Waals surface area contributed by atoms with E-state index in [1.54, 1.807) is 31.2 Å². The summed E-state index contributed by atoms with van der Waals surface area (Å²) in [6, 6.07) is 4.26. The van der Waals surface area contributed by atoms with E-state index >= 15 is 0 Å². The second-order valence-corrected chi connectivity index (χ2v) is 10.5. The van der Waals surface area contributed by atoms with E-state index in [-0.39, 0.29) is 35.7 Å². The third kappa shape index (κ3) is 4.72. The summed E-state index contributed by atoms with van der Waals surface area (Å²) in [4.78, 5) is 27.7. The van der Waals surface area contributed by atoms with Gasteiger partial charge in [0.05, 0.1) is 19.4 Å². The van der Waals surface area contributed by atoms with Crippen LogP contribution in [0.15, 0.2) is 40.0 Å². The third-order valence-electron chi connectivity index (χ3n) is 6.51. The van der Waals surface area contributed by atoms with Crippen molar-refractivity contribution in [3.63, 3.8) is 0 Å².